The van der Waals surface area contributed by atoms with Crippen molar-refractivity contribution < 1.29 is 4.74 Å². The summed E-state index contributed by atoms with van der Waals surface area (Å²) in [7, 11) is 0. The third-order valence-corrected chi connectivity index (χ3v) is 4.22. The maximum Gasteiger partial charge on any atom is 0.0730 e. The predicted octanol–water partition coefficient (Wildman–Crippen LogP) is 3.58. The molecule has 16 heavy (non-hydrogen) atoms. The second-order valence-electron chi connectivity index (χ2n) is 4.31. The van der Waals surface area contributed by atoms with E-state index in [1.54, 1.807) is 11.3 Å². The molecular weight excluding hydrogens is 286 g/mol. The van der Waals surface area contributed by atoms with Crippen LogP contribution in [0.4, 0.5) is 0 Å². The molecule has 4 heteroatoms. The van der Waals surface area contributed by atoms with Crippen molar-refractivity contribution in [3.8, 4) is 0 Å². The van der Waals surface area contributed by atoms with Gasteiger partial charge in [0.2, 0.25) is 0 Å². The van der Waals surface area contributed by atoms with E-state index in [2.05, 4.69) is 48.1 Å². The van der Waals surface area contributed by atoms with Crippen molar-refractivity contribution in [1.29, 1.82) is 0 Å². The Hall–Kier alpha value is 0.100. The molecule has 0 spiro atoms. The van der Waals surface area contributed by atoms with E-state index < -0.39 is 0 Å². The fourth-order valence-corrected chi connectivity index (χ4v) is 2.88. The Morgan fingerprint density at radius 3 is 2.81 bits per heavy atom. The molecule has 1 aromatic heterocycles. The van der Waals surface area contributed by atoms with Gasteiger partial charge in [-0.05, 0) is 40.4 Å². The number of hydrogen-bond acceptors (Lipinski definition) is 3. The minimum Gasteiger partial charge on any atom is -0.380 e. The molecule has 1 rings (SSSR count). The fraction of sp³-hybridized carbons (Fsp3) is 0.667. The summed E-state index contributed by atoms with van der Waals surface area (Å²) in [5.41, 5.74) is 1.32. The van der Waals surface area contributed by atoms with Gasteiger partial charge in [-0.3, -0.25) is 0 Å². The van der Waals surface area contributed by atoms with Crippen LogP contribution < -0.4 is 5.32 Å². The van der Waals surface area contributed by atoms with Crippen LogP contribution in [0.5, 0.6) is 0 Å². The van der Waals surface area contributed by atoms with E-state index in [0.29, 0.717) is 5.92 Å². The molecule has 0 aliphatic carbocycles. The Morgan fingerprint density at radius 2 is 2.25 bits per heavy atom. The Balaban J connectivity index is 2.07. The van der Waals surface area contributed by atoms with Gasteiger partial charge in [0.05, 0.1) is 10.4 Å². The van der Waals surface area contributed by atoms with Crippen LogP contribution >= 0.6 is 27.3 Å². The minimum atomic E-state index is 0.621. The highest BCUT2D eigenvalue weighted by molar-refractivity contribution is 9.11. The van der Waals surface area contributed by atoms with E-state index in [1.165, 1.54) is 14.2 Å². The number of nitrogens with one attached hydrogen (secondary N) is 1. The van der Waals surface area contributed by atoms with Gasteiger partial charge in [-0.2, -0.15) is 0 Å². The monoisotopic (exact) mass is 305 g/mol. The lowest BCUT2D eigenvalue weighted by Gasteiger charge is -2.07. The van der Waals surface area contributed by atoms with Crippen molar-refractivity contribution in [2.45, 2.75) is 27.3 Å². The molecule has 0 aliphatic rings. The normalized spacial score (nSPS) is 11.3. The Kier molecular flexibility index (Phi) is 6.58. The molecule has 2 nitrogen and oxygen atoms in total. The Labute approximate surface area is 111 Å². The van der Waals surface area contributed by atoms with Crippen LogP contribution in [-0.4, -0.2) is 19.8 Å². The molecule has 1 heterocycles. The largest absolute Gasteiger partial charge is 0.380 e. The molecule has 0 saturated heterocycles. The average Bonchev–Trinajstić information content (AvgIpc) is 2.52. The van der Waals surface area contributed by atoms with Gasteiger partial charge in [0, 0.05) is 24.6 Å². The summed E-state index contributed by atoms with van der Waals surface area (Å²) in [4.78, 5) is 1.37. The molecule has 0 amide bonds. The summed E-state index contributed by atoms with van der Waals surface area (Å²) in [5.74, 6) is 0.621. The number of halogens is 1. The van der Waals surface area contributed by atoms with E-state index in [4.69, 9.17) is 4.74 Å². The van der Waals surface area contributed by atoms with Gasteiger partial charge in [-0.25, -0.2) is 0 Å². The van der Waals surface area contributed by atoms with Crippen molar-refractivity contribution >= 4 is 27.3 Å². The molecule has 0 atom stereocenters. The number of aryl methyl sites for hydroxylation is 1. The predicted molar refractivity (Wildman–Crippen MR) is 74.1 cm³/mol. The SMILES string of the molecule is Cc1cc(CNCCOCC(C)C)sc1Br. The molecular formula is C12H20BrNOS. The zero-order chi connectivity index (χ0) is 12.0. The lowest BCUT2D eigenvalue weighted by Crippen LogP contribution is -2.19. The highest BCUT2D eigenvalue weighted by Crippen LogP contribution is 2.26. The van der Waals surface area contributed by atoms with Gasteiger partial charge >= 0.3 is 0 Å². The van der Waals surface area contributed by atoms with Gasteiger partial charge in [0.1, 0.15) is 0 Å². The molecule has 0 unspecified atom stereocenters. The van der Waals surface area contributed by atoms with Gasteiger partial charge in [-0.1, -0.05) is 13.8 Å². The summed E-state index contributed by atoms with van der Waals surface area (Å²) < 4.78 is 6.73. The molecule has 92 valence electrons. The van der Waals surface area contributed by atoms with Gasteiger partial charge in [0.25, 0.3) is 0 Å². The molecule has 1 N–H and O–H groups in total. The summed E-state index contributed by atoms with van der Waals surface area (Å²) >= 11 is 5.33. The summed E-state index contributed by atoms with van der Waals surface area (Å²) in [6, 6.07) is 2.22. The van der Waals surface area contributed by atoms with Gasteiger partial charge in [-0.15, -0.1) is 11.3 Å². The zero-order valence-corrected chi connectivity index (χ0v) is 12.6. The second-order valence-corrected chi connectivity index (χ2v) is 6.77. The molecule has 0 bridgehead atoms. The van der Waals surface area contributed by atoms with E-state index >= 15 is 0 Å². The number of ether oxygens (including phenoxy) is 1. The third-order valence-electron chi connectivity index (χ3n) is 2.08. The quantitative estimate of drug-likeness (QED) is 0.778. The Bertz CT molecular complexity index is 292. The minimum absolute atomic E-state index is 0.621. The van der Waals surface area contributed by atoms with Crippen molar-refractivity contribution in [3.05, 3.63) is 20.3 Å². The molecule has 1 aromatic rings. The van der Waals surface area contributed by atoms with Crippen molar-refractivity contribution in [3.63, 3.8) is 0 Å². The van der Waals surface area contributed by atoms with Crippen LogP contribution in [0.1, 0.15) is 24.3 Å². The van der Waals surface area contributed by atoms with Crippen LogP contribution in [0.25, 0.3) is 0 Å². The average molecular weight is 306 g/mol. The summed E-state index contributed by atoms with van der Waals surface area (Å²) in [6.45, 7) is 9.95. The number of hydrogen-bond donors (Lipinski definition) is 1. The molecule has 0 aromatic carbocycles. The first kappa shape index (κ1) is 14.2. The van der Waals surface area contributed by atoms with Crippen LogP contribution in [0.2, 0.25) is 0 Å². The lowest BCUT2D eigenvalue weighted by atomic mass is 10.2. The molecule has 0 radical (unpaired) electrons. The van der Waals surface area contributed by atoms with E-state index in [9.17, 15) is 0 Å². The van der Waals surface area contributed by atoms with Crippen molar-refractivity contribution in [1.82, 2.24) is 5.32 Å². The topological polar surface area (TPSA) is 21.3 Å². The van der Waals surface area contributed by atoms with Gasteiger partial charge in [0.15, 0.2) is 0 Å². The van der Waals surface area contributed by atoms with Crippen molar-refractivity contribution in [2.75, 3.05) is 19.8 Å². The van der Waals surface area contributed by atoms with Crippen LogP contribution in [-0.2, 0) is 11.3 Å². The zero-order valence-electron chi connectivity index (χ0n) is 10.2. The molecule has 0 aliphatic heterocycles. The third kappa shape index (κ3) is 5.43. The first-order valence-electron chi connectivity index (χ1n) is 5.63. The van der Waals surface area contributed by atoms with Crippen LogP contribution in [0, 0.1) is 12.8 Å². The summed E-state index contributed by atoms with van der Waals surface area (Å²) in [5, 5.41) is 3.38. The standard InChI is InChI=1S/C12H20BrNOS/c1-9(2)8-15-5-4-14-7-11-6-10(3)12(13)16-11/h6,9,14H,4-5,7-8H2,1-3H3. The fourth-order valence-electron chi connectivity index (χ4n) is 1.29. The van der Waals surface area contributed by atoms with E-state index in [-0.39, 0.29) is 0 Å². The first-order chi connectivity index (χ1) is 7.59. The highest BCUT2D eigenvalue weighted by Gasteiger charge is 2.01. The summed E-state index contributed by atoms with van der Waals surface area (Å²) in [6.07, 6.45) is 0. The van der Waals surface area contributed by atoms with E-state index in [1.807, 2.05) is 0 Å². The smallest absolute Gasteiger partial charge is 0.0730 e. The van der Waals surface area contributed by atoms with Crippen LogP contribution in [0.3, 0.4) is 0 Å². The van der Waals surface area contributed by atoms with Crippen molar-refractivity contribution in [2.24, 2.45) is 5.92 Å². The molecule has 0 fully saturated rings. The Morgan fingerprint density at radius 1 is 1.50 bits per heavy atom. The van der Waals surface area contributed by atoms with Gasteiger partial charge < -0.3 is 10.1 Å². The molecule has 0 saturated carbocycles. The number of rotatable bonds is 7. The maximum absolute atomic E-state index is 5.49. The van der Waals surface area contributed by atoms with Crippen LogP contribution in [0.15, 0.2) is 9.85 Å². The number of thiophene rings is 1. The lowest BCUT2D eigenvalue weighted by molar-refractivity contribution is 0.111. The maximum atomic E-state index is 5.49. The van der Waals surface area contributed by atoms with E-state index in [0.717, 1.165) is 26.3 Å². The second kappa shape index (κ2) is 7.43. The first-order valence-corrected chi connectivity index (χ1v) is 7.24. The highest BCUT2D eigenvalue weighted by atomic mass is 79.9.